The largest absolute Gasteiger partial charge is 0.490 e. The molecule has 2 aliphatic heterocycles. The molecule has 3 heterocycles. The molecule has 7 nitrogen and oxygen atoms in total. The van der Waals surface area contributed by atoms with Crippen molar-refractivity contribution in [3.63, 3.8) is 0 Å². The highest BCUT2D eigenvalue weighted by molar-refractivity contribution is 6.38. The van der Waals surface area contributed by atoms with Gasteiger partial charge < -0.3 is 24.8 Å². The van der Waals surface area contributed by atoms with Crippen molar-refractivity contribution in [3.8, 4) is 17.1 Å². The molecule has 3 aromatic carbocycles. The number of imidazole rings is 1. The number of amides is 1. The first-order valence-corrected chi connectivity index (χ1v) is 12.0. The van der Waals surface area contributed by atoms with E-state index in [9.17, 15) is 4.79 Å². The Labute approximate surface area is 214 Å². The maximum Gasteiger partial charge on any atom is 0.258 e. The van der Waals surface area contributed by atoms with Gasteiger partial charge in [-0.25, -0.2) is 4.98 Å². The molecule has 0 saturated carbocycles. The Balaban J connectivity index is 1.46. The maximum atomic E-state index is 13.2. The number of nitrogens with zero attached hydrogens (tertiary/aromatic N) is 3. The van der Waals surface area contributed by atoms with E-state index in [1.807, 2.05) is 73.4 Å². The number of hydrogen-bond donors (Lipinski definition) is 2. The quantitative estimate of drug-likeness (QED) is 0.364. The van der Waals surface area contributed by atoms with Gasteiger partial charge in [-0.05, 0) is 48.5 Å². The SMILES string of the molecule is CN1CCOc2cc(C(Nc3ccc(-c4nccn4C)cc3)=C3C(=O)Nc4cc(Cl)ccc43)ccc21. The van der Waals surface area contributed by atoms with Gasteiger partial charge in [0.1, 0.15) is 18.2 Å². The number of halogens is 1. The van der Waals surface area contributed by atoms with Crippen LogP contribution in [0.2, 0.25) is 5.02 Å². The summed E-state index contributed by atoms with van der Waals surface area (Å²) >= 11 is 6.20. The molecule has 6 rings (SSSR count). The summed E-state index contributed by atoms with van der Waals surface area (Å²) in [6.45, 7) is 1.44. The molecule has 0 fully saturated rings. The fourth-order valence-electron chi connectivity index (χ4n) is 4.68. The summed E-state index contributed by atoms with van der Waals surface area (Å²) in [6.07, 6.45) is 3.70. The van der Waals surface area contributed by atoms with Gasteiger partial charge in [0, 0.05) is 53.9 Å². The molecule has 4 aromatic rings. The molecule has 1 aromatic heterocycles. The Morgan fingerprint density at radius 1 is 1.08 bits per heavy atom. The number of hydrogen-bond acceptors (Lipinski definition) is 5. The molecule has 180 valence electrons. The van der Waals surface area contributed by atoms with Gasteiger partial charge in [0.15, 0.2) is 0 Å². The van der Waals surface area contributed by atoms with Gasteiger partial charge in [-0.3, -0.25) is 4.79 Å². The van der Waals surface area contributed by atoms with Crippen molar-refractivity contribution in [1.29, 1.82) is 0 Å². The molecular formula is C28H24ClN5O2. The van der Waals surface area contributed by atoms with E-state index >= 15 is 0 Å². The van der Waals surface area contributed by atoms with Crippen LogP contribution in [-0.2, 0) is 11.8 Å². The van der Waals surface area contributed by atoms with Crippen LogP contribution in [0.25, 0.3) is 22.7 Å². The molecule has 36 heavy (non-hydrogen) atoms. The summed E-state index contributed by atoms with van der Waals surface area (Å²) in [4.78, 5) is 19.8. The van der Waals surface area contributed by atoms with Gasteiger partial charge in [-0.1, -0.05) is 23.7 Å². The number of aromatic nitrogens is 2. The Kier molecular flexibility index (Phi) is 5.42. The van der Waals surface area contributed by atoms with Crippen molar-refractivity contribution in [3.05, 3.63) is 89.2 Å². The summed E-state index contributed by atoms with van der Waals surface area (Å²) in [5.74, 6) is 1.49. The predicted octanol–water partition coefficient (Wildman–Crippen LogP) is 5.50. The fourth-order valence-corrected chi connectivity index (χ4v) is 4.85. The number of ether oxygens (including phenoxy) is 1. The first kappa shape index (κ1) is 22.2. The Hall–Kier alpha value is -4.23. The Morgan fingerprint density at radius 3 is 2.69 bits per heavy atom. The third-order valence-electron chi connectivity index (χ3n) is 6.55. The van der Waals surface area contributed by atoms with Crippen LogP contribution in [-0.4, -0.2) is 35.7 Å². The molecule has 0 radical (unpaired) electrons. The van der Waals surface area contributed by atoms with Crippen LogP contribution in [0.5, 0.6) is 5.75 Å². The van der Waals surface area contributed by atoms with E-state index in [4.69, 9.17) is 16.3 Å². The molecule has 2 N–H and O–H groups in total. The Morgan fingerprint density at radius 2 is 1.92 bits per heavy atom. The maximum absolute atomic E-state index is 13.2. The van der Waals surface area contributed by atoms with Gasteiger partial charge in [-0.15, -0.1) is 0 Å². The van der Waals surface area contributed by atoms with Gasteiger partial charge in [-0.2, -0.15) is 0 Å². The van der Waals surface area contributed by atoms with E-state index < -0.39 is 0 Å². The number of nitrogens with one attached hydrogen (secondary N) is 2. The lowest BCUT2D eigenvalue weighted by Gasteiger charge is -2.28. The number of benzene rings is 3. The van der Waals surface area contributed by atoms with Crippen molar-refractivity contribution in [2.45, 2.75) is 0 Å². The van der Waals surface area contributed by atoms with E-state index in [1.54, 1.807) is 18.3 Å². The highest BCUT2D eigenvalue weighted by Gasteiger charge is 2.29. The third kappa shape index (κ3) is 3.87. The molecular weight excluding hydrogens is 474 g/mol. The van der Waals surface area contributed by atoms with Gasteiger partial charge >= 0.3 is 0 Å². The highest BCUT2D eigenvalue weighted by atomic mass is 35.5. The monoisotopic (exact) mass is 497 g/mol. The van der Waals surface area contributed by atoms with Crippen molar-refractivity contribution in [2.75, 3.05) is 35.7 Å². The summed E-state index contributed by atoms with van der Waals surface area (Å²) in [5, 5.41) is 7.04. The fraction of sp³-hybridized carbons (Fsp3) is 0.143. The summed E-state index contributed by atoms with van der Waals surface area (Å²) in [5.41, 5.74) is 6.47. The second-order valence-corrected chi connectivity index (χ2v) is 9.35. The summed E-state index contributed by atoms with van der Waals surface area (Å²) in [7, 11) is 4.02. The van der Waals surface area contributed by atoms with Crippen molar-refractivity contribution >= 4 is 45.8 Å². The second-order valence-electron chi connectivity index (χ2n) is 8.91. The molecule has 0 unspecified atom stereocenters. The first-order chi connectivity index (χ1) is 17.5. The molecule has 8 heteroatoms. The van der Waals surface area contributed by atoms with Crippen LogP contribution >= 0.6 is 11.6 Å². The number of carbonyl (C=O) groups excluding carboxylic acids is 1. The zero-order chi connectivity index (χ0) is 24.8. The van der Waals surface area contributed by atoms with E-state index in [1.165, 1.54) is 0 Å². The van der Waals surface area contributed by atoms with Crippen LogP contribution in [0, 0.1) is 0 Å². The third-order valence-corrected chi connectivity index (χ3v) is 6.79. The minimum atomic E-state index is -0.185. The Bertz CT molecular complexity index is 1520. The van der Waals surface area contributed by atoms with E-state index in [0.717, 1.165) is 46.2 Å². The van der Waals surface area contributed by atoms with Crippen LogP contribution in [0.15, 0.2) is 73.1 Å². The molecule has 0 bridgehead atoms. The zero-order valence-electron chi connectivity index (χ0n) is 19.9. The van der Waals surface area contributed by atoms with E-state index in [2.05, 4.69) is 20.5 Å². The predicted molar refractivity (Wildman–Crippen MR) is 144 cm³/mol. The van der Waals surface area contributed by atoms with Crippen LogP contribution in [0.3, 0.4) is 0 Å². The molecule has 0 aliphatic carbocycles. The first-order valence-electron chi connectivity index (χ1n) is 11.7. The normalized spacial score (nSPS) is 15.6. The van der Waals surface area contributed by atoms with Crippen molar-refractivity contribution < 1.29 is 9.53 Å². The van der Waals surface area contributed by atoms with E-state index in [-0.39, 0.29) is 5.91 Å². The minimum absolute atomic E-state index is 0.185. The van der Waals surface area contributed by atoms with Crippen molar-refractivity contribution in [1.82, 2.24) is 9.55 Å². The van der Waals surface area contributed by atoms with Crippen LogP contribution < -0.4 is 20.3 Å². The zero-order valence-corrected chi connectivity index (χ0v) is 20.6. The molecule has 0 saturated heterocycles. The lowest BCUT2D eigenvalue weighted by atomic mass is 9.99. The standard InChI is InChI=1S/C28H24ClN5O2/c1-33-13-14-36-24-15-18(5-10-23(24)33)26(25-21-9-6-19(29)16-22(21)32-28(25)35)31-20-7-3-17(4-8-20)27-30-11-12-34(27)2/h3-12,15-16,31H,13-14H2,1-2H3,(H,32,35). The molecule has 0 atom stereocenters. The van der Waals surface area contributed by atoms with Crippen LogP contribution in [0.4, 0.5) is 17.1 Å². The molecule has 0 spiro atoms. The van der Waals surface area contributed by atoms with E-state index in [0.29, 0.717) is 28.6 Å². The second kappa shape index (κ2) is 8.77. The minimum Gasteiger partial charge on any atom is -0.490 e. The average molecular weight is 498 g/mol. The van der Waals surface area contributed by atoms with Gasteiger partial charge in [0.2, 0.25) is 0 Å². The highest BCUT2D eigenvalue weighted by Crippen LogP contribution is 2.41. The number of anilines is 3. The number of likely N-dealkylation sites (N-methyl/N-ethyl adjacent to an activating group) is 1. The van der Waals surface area contributed by atoms with Crippen molar-refractivity contribution in [2.24, 2.45) is 7.05 Å². The number of carbonyl (C=O) groups is 1. The van der Waals surface area contributed by atoms with Crippen LogP contribution in [0.1, 0.15) is 11.1 Å². The topological polar surface area (TPSA) is 71.4 Å². The van der Waals surface area contributed by atoms with Gasteiger partial charge in [0.05, 0.1) is 29.2 Å². The van der Waals surface area contributed by atoms with Gasteiger partial charge in [0.25, 0.3) is 5.91 Å². The number of aryl methyl sites for hydroxylation is 1. The lowest BCUT2D eigenvalue weighted by molar-refractivity contribution is -0.110. The lowest BCUT2D eigenvalue weighted by Crippen LogP contribution is -2.28. The smallest absolute Gasteiger partial charge is 0.258 e. The average Bonchev–Trinajstić information content (AvgIpc) is 3.44. The molecule has 1 amide bonds. The summed E-state index contributed by atoms with van der Waals surface area (Å²) < 4.78 is 7.94. The molecule has 2 aliphatic rings. The number of fused-ring (bicyclic) bond motifs is 2. The number of rotatable bonds is 4. The summed E-state index contributed by atoms with van der Waals surface area (Å²) in [6, 6.07) is 19.5.